The van der Waals surface area contributed by atoms with Crippen molar-refractivity contribution < 1.29 is 0 Å². The molecule has 0 bridgehead atoms. The lowest BCUT2D eigenvalue weighted by atomic mass is 10.0. The lowest BCUT2D eigenvalue weighted by molar-refractivity contribution is 0.135. The highest BCUT2D eigenvalue weighted by atomic mass is 15.4. The molecule has 0 aromatic rings. The first-order valence-corrected chi connectivity index (χ1v) is 22.0. The lowest BCUT2D eigenvalue weighted by Gasteiger charge is -2.33. The Kier molecular flexibility index (Phi) is 33.6. The molecule has 0 amide bonds. The summed E-state index contributed by atoms with van der Waals surface area (Å²) in [7, 11) is 0. The van der Waals surface area contributed by atoms with E-state index in [2.05, 4.69) is 43.0 Å². The van der Waals surface area contributed by atoms with Crippen molar-refractivity contribution in [2.24, 2.45) is 0 Å². The molecule has 0 N–H and O–H groups in total. The third-order valence-corrected chi connectivity index (χ3v) is 10.8. The second-order valence-electron chi connectivity index (χ2n) is 15.4. The molecular formula is C44H88N2. The molecule has 46 heavy (non-hydrogen) atoms. The first-order valence-electron chi connectivity index (χ1n) is 22.0. The first kappa shape index (κ1) is 43.4. The van der Waals surface area contributed by atoms with E-state index in [0.717, 1.165) is 0 Å². The van der Waals surface area contributed by atoms with Gasteiger partial charge in [-0.3, -0.25) is 0 Å². The average Bonchev–Trinajstić information content (AvgIpc) is 3.45. The van der Waals surface area contributed by atoms with Crippen LogP contribution in [-0.2, 0) is 0 Å². The van der Waals surface area contributed by atoms with Crippen LogP contribution in [0.3, 0.4) is 0 Å². The summed E-state index contributed by atoms with van der Waals surface area (Å²) < 4.78 is 0. The van der Waals surface area contributed by atoms with Gasteiger partial charge >= 0.3 is 0 Å². The molecule has 0 aliphatic carbocycles. The minimum atomic E-state index is 0.639. The minimum absolute atomic E-state index is 0.639. The van der Waals surface area contributed by atoms with Crippen LogP contribution >= 0.6 is 0 Å². The maximum Gasteiger partial charge on any atom is 0.101 e. The Hall–Kier alpha value is -0.660. The molecular weight excluding hydrogens is 556 g/mol. The second kappa shape index (κ2) is 35.6. The Bertz CT molecular complexity index is 601. The molecule has 0 aromatic carbocycles. The van der Waals surface area contributed by atoms with Gasteiger partial charge in [0.25, 0.3) is 0 Å². The van der Waals surface area contributed by atoms with E-state index in [1.54, 1.807) is 0 Å². The summed E-state index contributed by atoms with van der Waals surface area (Å²) in [4.78, 5) is 5.44. The molecule has 0 aromatic heterocycles. The van der Waals surface area contributed by atoms with E-state index in [4.69, 9.17) is 0 Å². The Morgan fingerprint density at radius 3 is 0.761 bits per heavy atom. The van der Waals surface area contributed by atoms with Crippen LogP contribution in [0, 0.1) is 0 Å². The summed E-state index contributed by atoms with van der Waals surface area (Å²) in [5.74, 6) is 0. The summed E-state index contributed by atoms with van der Waals surface area (Å²) in [5, 5.41) is 0. The summed E-state index contributed by atoms with van der Waals surface area (Å²) in [5.41, 5.74) is 0. The molecule has 0 fully saturated rings. The van der Waals surface area contributed by atoms with Gasteiger partial charge in [-0.15, -0.1) is 0 Å². The molecule has 0 saturated carbocycles. The monoisotopic (exact) mass is 645 g/mol. The third kappa shape index (κ3) is 27.3. The van der Waals surface area contributed by atoms with Gasteiger partial charge < -0.3 is 9.80 Å². The molecule has 0 spiro atoms. The quantitative estimate of drug-likeness (QED) is 0.0617. The molecule has 2 heteroatoms. The van der Waals surface area contributed by atoms with Crippen LogP contribution in [0.5, 0.6) is 0 Å². The van der Waals surface area contributed by atoms with Gasteiger partial charge in [-0.1, -0.05) is 226 Å². The smallest absolute Gasteiger partial charge is 0.101 e. The van der Waals surface area contributed by atoms with Crippen molar-refractivity contribution in [3.63, 3.8) is 0 Å². The minimum Gasteiger partial charge on any atom is -0.356 e. The van der Waals surface area contributed by atoms with Gasteiger partial charge in [0.15, 0.2) is 0 Å². The van der Waals surface area contributed by atoms with Crippen molar-refractivity contribution in [2.45, 2.75) is 258 Å². The number of hydrogen-bond donors (Lipinski definition) is 0. The van der Waals surface area contributed by atoms with E-state index < -0.39 is 0 Å². The summed E-state index contributed by atoms with van der Waals surface area (Å²) in [6.07, 6.45) is 57.4. The standard InChI is InChI=1S/C44H88N2/c1-4-7-10-13-16-18-20-22-23-24-26-28-30-32-35-38-41-46-43-42-45(44(46)39-36-33-15-12-9-6-3)40-37-34-31-29-27-25-21-19-17-14-11-8-5-2/h42-44H,4-41H2,1-3H3. The Morgan fingerprint density at radius 1 is 0.283 bits per heavy atom. The van der Waals surface area contributed by atoms with Crippen LogP contribution in [0.25, 0.3) is 0 Å². The zero-order chi connectivity index (χ0) is 33.0. The number of rotatable bonds is 38. The van der Waals surface area contributed by atoms with E-state index in [9.17, 15) is 0 Å². The molecule has 1 unspecified atom stereocenters. The van der Waals surface area contributed by atoms with Crippen molar-refractivity contribution >= 4 is 0 Å². The van der Waals surface area contributed by atoms with Crippen molar-refractivity contribution in [3.05, 3.63) is 12.4 Å². The van der Waals surface area contributed by atoms with Crippen LogP contribution in [0.2, 0.25) is 0 Å². The van der Waals surface area contributed by atoms with Crippen LogP contribution in [0.1, 0.15) is 252 Å². The van der Waals surface area contributed by atoms with E-state index in [-0.39, 0.29) is 0 Å². The normalized spacial score (nSPS) is 14.7. The van der Waals surface area contributed by atoms with Gasteiger partial charge in [-0.25, -0.2) is 0 Å². The van der Waals surface area contributed by atoms with Crippen LogP contribution in [0.4, 0.5) is 0 Å². The fraction of sp³-hybridized carbons (Fsp3) is 0.955. The number of hydrogen-bond acceptors (Lipinski definition) is 2. The molecule has 1 atom stereocenters. The maximum absolute atomic E-state index is 2.72. The molecule has 0 saturated heterocycles. The highest BCUT2D eigenvalue weighted by Gasteiger charge is 2.24. The molecule has 1 aliphatic rings. The van der Waals surface area contributed by atoms with Gasteiger partial charge in [-0.05, 0) is 25.7 Å². The second-order valence-corrected chi connectivity index (χ2v) is 15.4. The largest absolute Gasteiger partial charge is 0.356 e. The summed E-state index contributed by atoms with van der Waals surface area (Å²) in [6, 6.07) is 0. The van der Waals surface area contributed by atoms with Crippen LogP contribution in [-0.4, -0.2) is 29.1 Å². The zero-order valence-corrected chi connectivity index (χ0v) is 32.5. The molecule has 2 nitrogen and oxygen atoms in total. The average molecular weight is 645 g/mol. The van der Waals surface area contributed by atoms with E-state index in [1.165, 1.54) is 244 Å². The predicted molar refractivity (Wildman–Crippen MR) is 210 cm³/mol. The molecule has 0 radical (unpaired) electrons. The topological polar surface area (TPSA) is 6.48 Å². The summed E-state index contributed by atoms with van der Waals surface area (Å²) >= 11 is 0. The molecule has 1 rings (SSSR count). The molecule has 1 heterocycles. The summed E-state index contributed by atoms with van der Waals surface area (Å²) in [6.45, 7) is 9.49. The molecule has 1 aliphatic heterocycles. The van der Waals surface area contributed by atoms with Crippen LogP contribution < -0.4 is 0 Å². The first-order chi connectivity index (χ1) is 22.8. The number of nitrogens with zero attached hydrogens (tertiary/aromatic N) is 2. The highest BCUT2D eigenvalue weighted by molar-refractivity contribution is 4.97. The van der Waals surface area contributed by atoms with Crippen molar-refractivity contribution in [2.75, 3.05) is 13.1 Å². The SMILES string of the molecule is CCCCCCCCCCCCCCCCCCN1C=CN(CCCCCCCCCCCCCCC)C1CCCCCCCC. The van der Waals surface area contributed by atoms with Crippen molar-refractivity contribution in [1.82, 2.24) is 9.80 Å². The maximum atomic E-state index is 2.72. The third-order valence-electron chi connectivity index (χ3n) is 10.8. The Morgan fingerprint density at radius 2 is 0.500 bits per heavy atom. The van der Waals surface area contributed by atoms with E-state index in [0.29, 0.717) is 6.17 Å². The van der Waals surface area contributed by atoms with Crippen molar-refractivity contribution in [3.8, 4) is 0 Å². The Labute approximate surface area is 292 Å². The van der Waals surface area contributed by atoms with Gasteiger partial charge in [0, 0.05) is 25.5 Å². The van der Waals surface area contributed by atoms with Crippen molar-refractivity contribution in [1.29, 1.82) is 0 Å². The van der Waals surface area contributed by atoms with E-state index >= 15 is 0 Å². The van der Waals surface area contributed by atoms with Gasteiger partial charge in [-0.2, -0.15) is 0 Å². The lowest BCUT2D eigenvalue weighted by Crippen LogP contribution is -2.39. The number of unbranched alkanes of at least 4 members (excludes halogenated alkanes) is 32. The van der Waals surface area contributed by atoms with E-state index in [1.807, 2.05) is 0 Å². The van der Waals surface area contributed by atoms with Gasteiger partial charge in [0.2, 0.25) is 0 Å². The Balaban J connectivity index is 2.11. The fourth-order valence-corrected chi connectivity index (χ4v) is 7.60. The highest BCUT2D eigenvalue weighted by Crippen LogP contribution is 2.24. The fourth-order valence-electron chi connectivity index (χ4n) is 7.60. The molecule has 274 valence electrons. The van der Waals surface area contributed by atoms with Crippen LogP contribution in [0.15, 0.2) is 12.4 Å². The van der Waals surface area contributed by atoms with Gasteiger partial charge in [0.05, 0.1) is 0 Å². The zero-order valence-electron chi connectivity index (χ0n) is 32.5. The van der Waals surface area contributed by atoms with Gasteiger partial charge in [0.1, 0.15) is 6.17 Å². The predicted octanol–water partition coefficient (Wildman–Crippen LogP) is 15.5.